The molecule has 3 N–H and O–H groups in total. The van der Waals surface area contributed by atoms with E-state index in [1.807, 2.05) is 0 Å². The third-order valence-electron chi connectivity index (χ3n) is 16.8. The van der Waals surface area contributed by atoms with Gasteiger partial charge in [0, 0.05) is 25.7 Å². The zero-order valence-corrected chi connectivity index (χ0v) is 60.8. The van der Waals surface area contributed by atoms with E-state index < -0.39 is 97.5 Å². The molecule has 0 amide bonds. The van der Waals surface area contributed by atoms with Gasteiger partial charge in [0.1, 0.15) is 19.3 Å². The molecule has 0 fully saturated rings. The number of hydrogen-bond acceptors (Lipinski definition) is 15. The van der Waals surface area contributed by atoms with Crippen LogP contribution in [0.15, 0.2) is 0 Å². The number of phosphoric ester groups is 2. The SMILES string of the molecule is CCCCCCCCCCCCCCCC(=O)OC[C@H](COP(=O)(O)OC[C@@H](O)COP(=O)(O)OC[C@@H](COC(=O)CCCCCCCCCCCC)OC(=O)CCCCCCCCCCCCC)OC(=O)CCCCCCCCCCCCCCCCC(C)C. The van der Waals surface area contributed by atoms with Gasteiger partial charge in [0.2, 0.25) is 0 Å². The summed E-state index contributed by atoms with van der Waals surface area (Å²) in [6.07, 6.45) is 52.5. The second-order valence-corrected chi connectivity index (χ2v) is 29.4. The Kier molecular flexibility index (Phi) is 64.0. The summed E-state index contributed by atoms with van der Waals surface area (Å²) in [5.41, 5.74) is 0. The Morgan fingerprint density at radius 2 is 0.505 bits per heavy atom. The van der Waals surface area contributed by atoms with Crippen molar-refractivity contribution in [2.45, 2.75) is 393 Å². The van der Waals surface area contributed by atoms with Crippen molar-refractivity contribution < 1.29 is 80.2 Å². The summed E-state index contributed by atoms with van der Waals surface area (Å²) in [7, 11) is -9.90. The first-order valence-corrected chi connectivity index (χ1v) is 40.6. The Morgan fingerprint density at radius 1 is 0.297 bits per heavy atom. The lowest BCUT2D eigenvalue weighted by Gasteiger charge is -2.21. The predicted molar refractivity (Wildman–Crippen MR) is 368 cm³/mol. The van der Waals surface area contributed by atoms with Gasteiger partial charge >= 0.3 is 39.5 Å². The fourth-order valence-electron chi connectivity index (χ4n) is 11.0. The van der Waals surface area contributed by atoms with Crippen molar-refractivity contribution in [3.63, 3.8) is 0 Å². The summed E-state index contributed by atoms with van der Waals surface area (Å²) in [6.45, 7) is 7.28. The average molecular weight is 1340 g/mol. The third-order valence-corrected chi connectivity index (χ3v) is 18.7. The Labute approximate surface area is 556 Å². The highest BCUT2D eigenvalue weighted by Gasteiger charge is 2.30. The summed E-state index contributed by atoms with van der Waals surface area (Å²) in [5, 5.41) is 10.6. The van der Waals surface area contributed by atoms with Gasteiger partial charge in [-0.3, -0.25) is 37.3 Å². The molecule has 2 unspecified atom stereocenters. The monoisotopic (exact) mass is 1340 g/mol. The van der Waals surface area contributed by atoms with Crippen LogP contribution in [0.25, 0.3) is 0 Å². The first-order valence-electron chi connectivity index (χ1n) is 37.6. The molecule has 0 radical (unpaired) electrons. The van der Waals surface area contributed by atoms with E-state index in [1.54, 1.807) is 0 Å². The number of carbonyl (C=O) groups excluding carboxylic acids is 4. The number of aliphatic hydroxyl groups excluding tert-OH is 1. The molecule has 0 bridgehead atoms. The summed E-state index contributed by atoms with van der Waals surface area (Å²) in [6, 6.07) is 0. The van der Waals surface area contributed by atoms with Gasteiger partial charge in [0.05, 0.1) is 26.4 Å². The zero-order valence-electron chi connectivity index (χ0n) is 59.0. The molecule has 0 aliphatic carbocycles. The van der Waals surface area contributed by atoms with Gasteiger partial charge in [0.25, 0.3) is 0 Å². The fourth-order valence-corrected chi connectivity index (χ4v) is 12.6. The molecule has 0 heterocycles. The van der Waals surface area contributed by atoms with Crippen molar-refractivity contribution in [2.24, 2.45) is 5.92 Å². The van der Waals surface area contributed by atoms with Gasteiger partial charge in [0.15, 0.2) is 12.2 Å². The van der Waals surface area contributed by atoms with E-state index in [2.05, 4.69) is 34.6 Å². The third kappa shape index (κ3) is 66.5. The smallest absolute Gasteiger partial charge is 0.462 e. The molecular weight excluding hydrogens is 1200 g/mol. The van der Waals surface area contributed by atoms with Gasteiger partial charge in [-0.2, -0.15) is 0 Å². The second-order valence-electron chi connectivity index (χ2n) is 26.5. The standard InChI is InChI=1S/C72H140O17P2/c1-6-9-12-15-18-21-24-27-32-36-41-46-51-56-70(75)83-62-68(89-72(77)58-53-48-43-38-33-29-26-25-28-31-34-39-44-49-54-65(4)5)64-87-91(80,81)85-60-66(73)59-84-90(78,79)86-63-67(61-82-69(74)55-50-45-40-35-23-20-17-14-11-8-3)88-71(76)57-52-47-42-37-30-22-19-16-13-10-7-2/h65-68,73H,6-64H2,1-5H3,(H,78,79)(H,80,81)/t66-,67+,68+/m0/s1. The number of esters is 4. The molecule has 91 heavy (non-hydrogen) atoms. The molecule has 0 aromatic heterocycles. The summed E-state index contributed by atoms with van der Waals surface area (Å²) in [5.74, 6) is -1.32. The quantitative estimate of drug-likeness (QED) is 0.0222. The number of carbonyl (C=O) groups is 4. The van der Waals surface area contributed by atoms with Crippen molar-refractivity contribution in [1.82, 2.24) is 0 Å². The Bertz CT molecular complexity index is 1750. The van der Waals surface area contributed by atoms with Crippen LogP contribution < -0.4 is 0 Å². The first kappa shape index (κ1) is 89.1. The van der Waals surface area contributed by atoms with Gasteiger partial charge in [-0.15, -0.1) is 0 Å². The number of unbranched alkanes of at least 4 members (excludes halogenated alkanes) is 44. The molecule has 0 rings (SSSR count). The summed E-state index contributed by atoms with van der Waals surface area (Å²) >= 11 is 0. The number of rotatable bonds is 72. The van der Waals surface area contributed by atoms with Crippen LogP contribution >= 0.6 is 15.6 Å². The number of phosphoric acid groups is 2. The van der Waals surface area contributed by atoms with E-state index in [0.29, 0.717) is 25.7 Å². The highest BCUT2D eigenvalue weighted by molar-refractivity contribution is 7.47. The largest absolute Gasteiger partial charge is 0.472 e. The maximum absolute atomic E-state index is 13.0. The lowest BCUT2D eigenvalue weighted by atomic mass is 10.0. The molecule has 0 spiro atoms. The normalized spacial score (nSPS) is 14.0. The van der Waals surface area contributed by atoms with Gasteiger partial charge in [-0.25, -0.2) is 9.13 Å². The van der Waals surface area contributed by atoms with E-state index in [0.717, 1.165) is 95.8 Å². The highest BCUT2D eigenvalue weighted by Crippen LogP contribution is 2.45. The maximum Gasteiger partial charge on any atom is 0.472 e. The van der Waals surface area contributed by atoms with E-state index in [4.69, 9.17) is 37.0 Å². The van der Waals surface area contributed by atoms with E-state index in [1.165, 1.54) is 199 Å². The number of aliphatic hydroxyl groups is 1. The molecule has 0 aliphatic heterocycles. The molecule has 0 aromatic rings. The Balaban J connectivity index is 5.23. The highest BCUT2D eigenvalue weighted by atomic mass is 31.2. The maximum atomic E-state index is 13.0. The van der Waals surface area contributed by atoms with E-state index in [-0.39, 0.29) is 25.7 Å². The molecule has 19 heteroatoms. The van der Waals surface area contributed by atoms with Crippen molar-refractivity contribution in [1.29, 1.82) is 0 Å². The average Bonchev–Trinajstić information content (AvgIpc) is 3.67. The van der Waals surface area contributed by atoms with Crippen molar-refractivity contribution >= 4 is 39.5 Å². The van der Waals surface area contributed by atoms with Gasteiger partial charge < -0.3 is 33.8 Å². The Hall–Kier alpha value is -1.94. The molecule has 5 atom stereocenters. The number of ether oxygens (including phenoxy) is 4. The van der Waals surface area contributed by atoms with Gasteiger partial charge in [-0.05, 0) is 31.6 Å². The van der Waals surface area contributed by atoms with Crippen LogP contribution in [0.5, 0.6) is 0 Å². The summed E-state index contributed by atoms with van der Waals surface area (Å²) < 4.78 is 68.3. The topological polar surface area (TPSA) is 237 Å². The number of hydrogen-bond donors (Lipinski definition) is 3. The molecule has 0 saturated heterocycles. The van der Waals surface area contributed by atoms with Crippen LogP contribution in [0, 0.1) is 5.92 Å². The lowest BCUT2D eigenvalue weighted by Crippen LogP contribution is -2.30. The van der Waals surface area contributed by atoms with Crippen LogP contribution in [0.4, 0.5) is 0 Å². The molecule has 0 aliphatic rings. The molecule has 17 nitrogen and oxygen atoms in total. The van der Waals surface area contributed by atoms with Crippen molar-refractivity contribution in [3.05, 3.63) is 0 Å². The van der Waals surface area contributed by atoms with E-state index >= 15 is 0 Å². The first-order chi connectivity index (χ1) is 44.0. The minimum absolute atomic E-state index is 0.107. The zero-order chi connectivity index (χ0) is 67.0. The van der Waals surface area contributed by atoms with Crippen LogP contribution in [0.2, 0.25) is 0 Å². The minimum atomic E-state index is -4.95. The van der Waals surface area contributed by atoms with Crippen LogP contribution in [-0.2, 0) is 65.4 Å². The predicted octanol–water partition coefficient (Wildman–Crippen LogP) is 20.9. The van der Waals surface area contributed by atoms with Crippen molar-refractivity contribution in [3.8, 4) is 0 Å². The van der Waals surface area contributed by atoms with Crippen LogP contribution in [0.3, 0.4) is 0 Å². The van der Waals surface area contributed by atoms with Gasteiger partial charge in [-0.1, -0.05) is 324 Å². The molecule has 540 valence electrons. The Morgan fingerprint density at radius 3 is 0.747 bits per heavy atom. The minimum Gasteiger partial charge on any atom is -0.462 e. The van der Waals surface area contributed by atoms with Crippen molar-refractivity contribution in [2.75, 3.05) is 39.6 Å². The fraction of sp³-hybridized carbons (Fsp3) is 0.944. The lowest BCUT2D eigenvalue weighted by molar-refractivity contribution is -0.161. The molecule has 0 saturated carbocycles. The second kappa shape index (κ2) is 65.4. The molecular formula is C72H140O17P2. The summed E-state index contributed by atoms with van der Waals surface area (Å²) in [4.78, 5) is 72.6. The van der Waals surface area contributed by atoms with Crippen LogP contribution in [0.1, 0.15) is 375 Å². The molecule has 0 aromatic carbocycles. The van der Waals surface area contributed by atoms with Crippen LogP contribution in [-0.4, -0.2) is 96.7 Å². The van der Waals surface area contributed by atoms with E-state index in [9.17, 15) is 43.2 Å².